The van der Waals surface area contributed by atoms with Crippen LogP contribution in [0.15, 0.2) is 64.9 Å². The van der Waals surface area contributed by atoms with Crippen molar-refractivity contribution in [3.63, 3.8) is 0 Å². The van der Waals surface area contributed by atoms with E-state index in [1.807, 2.05) is 0 Å². The number of carbonyl (C=O) groups excluding carboxylic acids is 1. The average Bonchev–Trinajstić information content (AvgIpc) is 3.72. The van der Waals surface area contributed by atoms with Gasteiger partial charge in [0, 0.05) is 25.2 Å². The van der Waals surface area contributed by atoms with Gasteiger partial charge in [-0.05, 0) is 93.5 Å². The number of benzene rings is 1. The first kappa shape index (κ1) is 21.3. The Hall–Kier alpha value is -3.28. The smallest absolute Gasteiger partial charge is 0.252 e. The Bertz CT molecular complexity index is 1280. The minimum atomic E-state index is -0.468. The van der Waals surface area contributed by atoms with Gasteiger partial charge >= 0.3 is 0 Å². The summed E-state index contributed by atoms with van der Waals surface area (Å²) in [6.45, 7) is 7.31. The lowest BCUT2D eigenvalue weighted by Gasteiger charge is -2.31. The lowest BCUT2D eigenvalue weighted by Crippen LogP contribution is -2.37. The fraction of sp³-hybridized carbons (Fsp3) is 0.393. The third-order valence-electron chi connectivity index (χ3n) is 7.72. The highest BCUT2D eigenvalue weighted by molar-refractivity contribution is 5.95. The van der Waals surface area contributed by atoms with Crippen LogP contribution >= 0.6 is 0 Å². The molecule has 0 saturated heterocycles. The molecule has 6 heteroatoms. The zero-order valence-corrected chi connectivity index (χ0v) is 19.8. The van der Waals surface area contributed by atoms with E-state index in [1.54, 1.807) is 0 Å². The highest BCUT2D eigenvalue weighted by Crippen LogP contribution is 2.57. The monoisotopic (exact) mass is 458 g/mol. The molecule has 1 aromatic carbocycles. The van der Waals surface area contributed by atoms with Gasteiger partial charge in [0.05, 0.1) is 22.6 Å². The number of halogens is 1. The first-order valence-electron chi connectivity index (χ1n) is 12.1. The molecule has 2 saturated carbocycles. The van der Waals surface area contributed by atoms with Crippen LogP contribution in [0.5, 0.6) is 0 Å². The van der Waals surface area contributed by atoms with Crippen molar-refractivity contribution in [1.82, 2.24) is 10.3 Å². The Morgan fingerprint density at radius 1 is 1.21 bits per heavy atom. The maximum atomic E-state index is 13.3. The molecule has 2 unspecified atom stereocenters. The van der Waals surface area contributed by atoms with Crippen molar-refractivity contribution in [1.29, 1.82) is 0 Å². The quantitative estimate of drug-likeness (QED) is 0.639. The molecule has 4 aliphatic rings. The Morgan fingerprint density at radius 2 is 1.97 bits per heavy atom. The molecule has 34 heavy (non-hydrogen) atoms. The number of aliphatic imine (C=N–C) groups is 1. The number of hydrogen-bond acceptors (Lipinski definition) is 4. The van der Waals surface area contributed by atoms with Crippen molar-refractivity contribution in [2.45, 2.75) is 51.5 Å². The first-order valence-corrected chi connectivity index (χ1v) is 12.1. The number of carbonyl (C=O) groups is 1. The summed E-state index contributed by atoms with van der Waals surface area (Å²) in [5.41, 5.74) is 5.53. The number of aromatic nitrogens is 1. The summed E-state index contributed by atoms with van der Waals surface area (Å²) in [5.74, 6) is 1.85. The molecule has 4 atom stereocenters. The zero-order valence-electron chi connectivity index (χ0n) is 19.8. The summed E-state index contributed by atoms with van der Waals surface area (Å²) in [7, 11) is 0. The van der Waals surface area contributed by atoms with E-state index in [2.05, 4.69) is 55.3 Å². The van der Waals surface area contributed by atoms with Gasteiger partial charge in [-0.2, -0.15) is 0 Å². The van der Waals surface area contributed by atoms with Crippen LogP contribution in [-0.4, -0.2) is 23.1 Å². The number of fused-ring (bicyclic) bond motifs is 3. The second-order valence-corrected chi connectivity index (χ2v) is 10.4. The van der Waals surface area contributed by atoms with Crippen molar-refractivity contribution >= 4 is 17.3 Å². The Morgan fingerprint density at radius 3 is 2.71 bits per heavy atom. The minimum absolute atomic E-state index is 0. The highest BCUT2D eigenvalue weighted by Gasteiger charge is 2.56. The van der Waals surface area contributed by atoms with E-state index in [0.717, 1.165) is 54.4 Å². The van der Waals surface area contributed by atoms with E-state index in [4.69, 9.17) is 9.98 Å². The molecule has 176 valence electrons. The van der Waals surface area contributed by atoms with Gasteiger partial charge in [0.25, 0.3) is 5.91 Å². The van der Waals surface area contributed by atoms with Crippen LogP contribution in [0.2, 0.25) is 0 Å². The molecule has 5 nitrogen and oxygen atoms in total. The molecule has 0 radical (unpaired) electrons. The van der Waals surface area contributed by atoms with Gasteiger partial charge in [0.1, 0.15) is 11.6 Å². The molecule has 2 aliphatic carbocycles. The number of nitrogens with zero attached hydrogens (tertiary/aromatic N) is 3. The van der Waals surface area contributed by atoms with Crippen LogP contribution in [0.25, 0.3) is 0 Å². The van der Waals surface area contributed by atoms with Gasteiger partial charge in [0.2, 0.25) is 0 Å². The maximum Gasteiger partial charge on any atom is 0.252 e. The van der Waals surface area contributed by atoms with Gasteiger partial charge in [-0.3, -0.25) is 9.78 Å². The average molecular weight is 459 g/mol. The Kier molecular flexibility index (Phi) is 4.77. The van der Waals surface area contributed by atoms with Crippen molar-refractivity contribution < 1.29 is 10.6 Å². The normalized spacial score (nSPS) is 29.1. The number of allylic oxidation sites excluding steroid dienone is 3. The van der Waals surface area contributed by atoms with Crippen LogP contribution in [0.1, 0.15) is 69.1 Å². The maximum absolute atomic E-state index is 13.3. The second kappa shape index (κ2) is 7.62. The van der Waals surface area contributed by atoms with E-state index in [0.29, 0.717) is 23.3 Å². The van der Waals surface area contributed by atoms with Crippen molar-refractivity contribution in [3.8, 4) is 0 Å². The molecule has 2 aliphatic heterocycles. The second-order valence-electron chi connectivity index (χ2n) is 10.4. The Balaban J connectivity index is 0.00000253. The van der Waals surface area contributed by atoms with Crippen molar-refractivity contribution in [2.24, 2.45) is 16.8 Å². The topological polar surface area (TPSA) is 57.6 Å². The summed E-state index contributed by atoms with van der Waals surface area (Å²) < 4.78 is 13.3. The summed E-state index contributed by atoms with van der Waals surface area (Å²) in [6, 6.07) is 9.93. The zero-order chi connectivity index (χ0) is 23.6. The largest absolute Gasteiger partial charge is 0.341 e. The molecule has 1 N–H and O–H groups in total. The molecule has 1 aromatic heterocycles. The van der Waals surface area contributed by atoms with E-state index in [9.17, 15) is 9.18 Å². The van der Waals surface area contributed by atoms with Gasteiger partial charge < -0.3 is 10.2 Å². The van der Waals surface area contributed by atoms with E-state index in [-0.39, 0.29) is 13.2 Å². The van der Waals surface area contributed by atoms with Crippen molar-refractivity contribution in [3.05, 3.63) is 82.7 Å². The fourth-order valence-corrected chi connectivity index (χ4v) is 5.54. The van der Waals surface area contributed by atoms with E-state index in [1.165, 1.54) is 29.8 Å². The molecule has 0 bridgehead atoms. The predicted octanol–water partition coefficient (Wildman–Crippen LogP) is 5.71. The number of hydrogen-bond donors (Lipinski definition) is 1. The van der Waals surface area contributed by atoms with E-state index >= 15 is 0 Å². The first-order chi connectivity index (χ1) is 16.3. The summed E-state index contributed by atoms with van der Waals surface area (Å²) >= 11 is 0. The third-order valence-corrected chi connectivity index (χ3v) is 7.72. The van der Waals surface area contributed by atoms with Gasteiger partial charge in [-0.25, -0.2) is 9.38 Å². The number of amides is 1. The number of anilines is 1. The van der Waals surface area contributed by atoms with Gasteiger partial charge in [-0.15, -0.1) is 0 Å². The lowest BCUT2D eigenvalue weighted by atomic mass is 10.0. The van der Waals surface area contributed by atoms with Crippen LogP contribution in [0.4, 0.5) is 10.1 Å². The number of nitrogens with one attached hydrogen (secondary N) is 1. The molecule has 3 heterocycles. The van der Waals surface area contributed by atoms with Crippen LogP contribution < -0.4 is 10.2 Å². The van der Waals surface area contributed by atoms with Crippen LogP contribution in [-0.2, 0) is 5.54 Å². The standard InChI is InChI=1S/C28H29FN4O.H2/c1-16-4-11-25(30-18(3)12-16)33-15-20-13-22(20)26-23(33)9-10-24(31-26)28(14-17(28)2)32-27(34)19-5-7-21(29)8-6-19;/h5-12,17,20,22H,4,13-15H2,1-3H3,(H,32,34);1H/t17-,20?,22?,28+;/m1./s1. The highest BCUT2D eigenvalue weighted by atomic mass is 19.1. The number of pyridine rings is 1. The van der Waals surface area contributed by atoms with Crippen LogP contribution in [0.3, 0.4) is 0 Å². The third kappa shape index (κ3) is 3.56. The van der Waals surface area contributed by atoms with E-state index < -0.39 is 5.54 Å². The summed E-state index contributed by atoms with van der Waals surface area (Å²) in [6.07, 6.45) is 7.27. The van der Waals surface area contributed by atoms with Crippen LogP contribution in [0, 0.1) is 17.7 Å². The molecule has 2 aromatic rings. The molecule has 1 amide bonds. The van der Waals surface area contributed by atoms with Gasteiger partial charge in [-0.1, -0.05) is 12.5 Å². The lowest BCUT2D eigenvalue weighted by molar-refractivity contribution is 0.0926. The predicted molar refractivity (Wildman–Crippen MR) is 133 cm³/mol. The summed E-state index contributed by atoms with van der Waals surface area (Å²) in [5, 5.41) is 3.22. The molecular formula is C28H31FN4O. The number of rotatable bonds is 4. The molecular weight excluding hydrogens is 427 g/mol. The molecule has 0 spiro atoms. The SMILES string of the molecule is CC1=CC(C)=NC(N2CC3CC3c3nc([C@]4(NC(=O)c5ccc(F)cc5)C[C@H]4C)ccc32)=CC1.[HH]. The Labute approximate surface area is 201 Å². The fourth-order valence-electron chi connectivity index (χ4n) is 5.54. The van der Waals surface area contributed by atoms with Gasteiger partial charge in [0.15, 0.2) is 0 Å². The minimum Gasteiger partial charge on any atom is -0.341 e. The molecule has 6 rings (SSSR count). The summed E-state index contributed by atoms with van der Waals surface area (Å²) in [4.78, 5) is 25.3. The molecule has 2 fully saturated rings. The van der Waals surface area contributed by atoms with Crippen molar-refractivity contribution in [2.75, 3.05) is 11.4 Å².